The minimum atomic E-state index is -0.953. The highest BCUT2D eigenvalue weighted by atomic mass is 32.1. The van der Waals surface area contributed by atoms with Gasteiger partial charge in [0.25, 0.3) is 5.91 Å². The molecule has 2 aromatic carbocycles. The van der Waals surface area contributed by atoms with E-state index >= 15 is 0 Å². The summed E-state index contributed by atoms with van der Waals surface area (Å²) >= 11 is 1.46. The van der Waals surface area contributed by atoms with Crippen LogP contribution < -0.4 is 0 Å². The van der Waals surface area contributed by atoms with Gasteiger partial charge in [-0.05, 0) is 42.8 Å². The highest BCUT2D eigenvalue weighted by Gasteiger charge is 2.21. The Labute approximate surface area is 166 Å². The molecule has 0 aliphatic carbocycles. The van der Waals surface area contributed by atoms with E-state index in [0.717, 1.165) is 10.2 Å². The lowest BCUT2D eigenvalue weighted by atomic mass is 10.2. The molecule has 144 valence electrons. The van der Waals surface area contributed by atoms with Crippen LogP contribution in [0.5, 0.6) is 0 Å². The van der Waals surface area contributed by atoms with E-state index in [4.69, 9.17) is 4.74 Å². The Morgan fingerprint density at radius 3 is 2.79 bits per heavy atom. The number of esters is 1. The molecule has 0 aliphatic rings. The van der Waals surface area contributed by atoms with Crippen LogP contribution >= 0.6 is 11.3 Å². The number of likely N-dealkylation sites (N-methyl/N-ethyl adjacent to an activating group) is 1. The molecule has 28 heavy (non-hydrogen) atoms. The van der Waals surface area contributed by atoms with Gasteiger partial charge in [0.15, 0.2) is 6.10 Å². The summed E-state index contributed by atoms with van der Waals surface area (Å²) in [5.74, 6) is -1.36. The first-order chi connectivity index (χ1) is 13.4. The molecule has 7 heteroatoms. The molecule has 0 fully saturated rings. The van der Waals surface area contributed by atoms with Crippen molar-refractivity contribution >= 4 is 39.5 Å². The number of aromatic nitrogens is 1. The standard InChI is InChI=1S/C21H19FN2O3S/c1-14(21(26)24(2)13-15-6-5-7-16(22)12-15)27-20(25)11-10-19-23-17-8-3-4-9-18(17)28-19/h3-12,14H,13H2,1-2H3/b11-10+/t14-/m1/s1. The zero-order valence-electron chi connectivity index (χ0n) is 15.5. The topological polar surface area (TPSA) is 59.5 Å². The summed E-state index contributed by atoms with van der Waals surface area (Å²) < 4.78 is 19.5. The molecule has 3 rings (SSSR count). The third kappa shape index (κ3) is 5.01. The van der Waals surface area contributed by atoms with E-state index in [9.17, 15) is 14.0 Å². The number of amides is 1. The number of fused-ring (bicyclic) bond motifs is 1. The molecule has 3 aromatic rings. The summed E-state index contributed by atoms with van der Waals surface area (Å²) in [5, 5.41) is 0.681. The first kappa shape index (κ1) is 19.7. The number of hydrogen-bond acceptors (Lipinski definition) is 5. The smallest absolute Gasteiger partial charge is 0.331 e. The second-order valence-electron chi connectivity index (χ2n) is 6.26. The number of nitrogens with zero attached hydrogens (tertiary/aromatic N) is 2. The fourth-order valence-corrected chi connectivity index (χ4v) is 3.53. The first-order valence-electron chi connectivity index (χ1n) is 8.66. The monoisotopic (exact) mass is 398 g/mol. The average Bonchev–Trinajstić information content (AvgIpc) is 3.08. The minimum Gasteiger partial charge on any atom is -0.449 e. The third-order valence-corrected chi connectivity index (χ3v) is 5.00. The van der Waals surface area contributed by atoms with Gasteiger partial charge in [0.2, 0.25) is 0 Å². The van der Waals surface area contributed by atoms with Gasteiger partial charge in [0.05, 0.1) is 10.2 Å². The van der Waals surface area contributed by atoms with Gasteiger partial charge in [0, 0.05) is 19.7 Å². The van der Waals surface area contributed by atoms with Crippen LogP contribution in [0.25, 0.3) is 16.3 Å². The van der Waals surface area contributed by atoms with Gasteiger partial charge in [0.1, 0.15) is 10.8 Å². The van der Waals surface area contributed by atoms with Crippen molar-refractivity contribution < 1.29 is 18.7 Å². The van der Waals surface area contributed by atoms with Crippen LogP contribution in [-0.4, -0.2) is 34.9 Å². The molecule has 0 saturated carbocycles. The second-order valence-corrected chi connectivity index (χ2v) is 7.32. The Hall–Kier alpha value is -3.06. The first-order valence-corrected chi connectivity index (χ1v) is 9.48. The van der Waals surface area contributed by atoms with E-state index in [1.165, 1.54) is 41.4 Å². The molecular formula is C21H19FN2O3S. The van der Waals surface area contributed by atoms with Gasteiger partial charge >= 0.3 is 5.97 Å². The summed E-state index contributed by atoms with van der Waals surface area (Å²) in [7, 11) is 1.58. The van der Waals surface area contributed by atoms with E-state index in [0.29, 0.717) is 10.6 Å². The van der Waals surface area contributed by atoms with E-state index in [1.54, 1.807) is 25.3 Å². The summed E-state index contributed by atoms with van der Waals surface area (Å²) in [4.78, 5) is 30.2. The molecule has 0 saturated heterocycles. The van der Waals surface area contributed by atoms with Gasteiger partial charge in [-0.3, -0.25) is 4.79 Å². The lowest BCUT2D eigenvalue weighted by Crippen LogP contribution is -2.36. The average molecular weight is 398 g/mol. The Morgan fingerprint density at radius 2 is 2.04 bits per heavy atom. The lowest BCUT2D eigenvalue weighted by Gasteiger charge is -2.21. The molecule has 1 aromatic heterocycles. The molecule has 1 heterocycles. The highest BCUT2D eigenvalue weighted by molar-refractivity contribution is 7.19. The predicted molar refractivity (Wildman–Crippen MR) is 107 cm³/mol. The number of para-hydroxylation sites is 1. The van der Waals surface area contributed by atoms with E-state index in [1.807, 2.05) is 24.3 Å². The van der Waals surface area contributed by atoms with Gasteiger partial charge < -0.3 is 9.64 Å². The number of carbonyl (C=O) groups excluding carboxylic acids is 2. The molecule has 1 amide bonds. The maximum absolute atomic E-state index is 13.3. The normalized spacial score (nSPS) is 12.2. The molecule has 0 spiro atoms. The van der Waals surface area contributed by atoms with E-state index in [-0.39, 0.29) is 18.3 Å². The van der Waals surface area contributed by atoms with Crippen LogP contribution in [0.1, 0.15) is 17.5 Å². The summed E-state index contributed by atoms with van der Waals surface area (Å²) in [6, 6.07) is 13.7. The molecule has 1 atom stereocenters. The maximum Gasteiger partial charge on any atom is 0.331 e. The Bertz CT molecular complexity index is 998. The van der Waals surface area contributed by atoms with Crippen LogP contribution in [-0.2, 0) is 20.9 Å². The molecule has 0 radical (unpaired) electrons. The number of thiazole rings is 1. The van der Waals surface area contributed by atoms with Crippen LogP contribution in [0, 0.1) is 5.82 Å². The Morgan fingerprint density at radius 1 is 1.25 bits per heavy atom. The minimum absolute atomic E-state index is 0.222. The quantitative estimate of drug-likeness (QED) is 0.464. The zero-order chi connectivity index (χ0) is 20.1. The van der Waals surface area contributed by atoms with Crippen molar-refractivity contribution in [2.45, 2.75) is 19.6 Å². The van der Waals surface area contributed by atoms with Crippen molar-refractivity contribution in [1.29, 1.82) is 0 Å². The highest BCUT2D eigenvalue weighted by Crippen LogP contribution is 2.22. The molecule has 0 N–H and O–H groups in total. The number of halogens is 1. The summed E-state index contributed by atoms with van der Waals surface area (Å²) in [6.07, 6.45) is 1.88. The van der Waals surface area contributed by atoms with Crippen LogP contribution in [0.4, 0.5) is 4.39 Å². The molecular weight excluding hydrogens is 379 g/mol. The van der Waals surface area contributed by atoms with Crippen molar-refractivity contribution in [2.24, 2.45) is 0 Å². The van der Waals surface area contributed by atoms with Crippen molar-refractivity contribution in [3.05, 3.63) is 71.0 Å². The molecule has 5 nitrogen and oxygen atoms in total. The zero-order valence-corrected chi connectivity index (χ0v) is 16.3. The van der Waals surface area contributed by atoms with Crippen molar-refractivity contribution in [3.63, 3.8) is 0 Å². The summed E-state index contributed by atoms with van der Waals surface area (Å²) in [5.41, 5.74) is 1.52. The van der Waals surface area contributed by atoms with Gasteiger partial charge in [-0.15, -0.1) is 11.3 Å². The Kier molecular flexibility index (Phi) is 6.16. The fourth-order valence-electron chi connectivity index (χ4n) is 2.66. The lowest BCUT2D eigenvalue weighted by molar-refractivity contribution is -0.154. The fraction of sp³-hybridized carbons (Fsp3) is 0.190. The van der Waals surface area contributed by atoms with Gasteiger partial charge in [-0.25, -0.2) is 14.2 Å². The van der Waals surface area contributed by atoms with E-state index in [2.05, 4.69) is 4.98 Å². The van der Waals surface area contributed by atoms with Crippen molar-refractivity contribution in [1.82, 2.24) is 9.88 Å². The number of rotatable bonds is 6. The maximum atomic E-state index is 13.3. The number of ether oxygens (including phenoxy) is 1. The van der Waals surface area contributed by atoms with Crippen molar-refractivity contribution in [3.8, 4) is 0 Å². The largest absolute Gasteiger partial charge is 0.449 e. The third-order valence-electron chi connectivity index (χ3n) is 4.00. The molecule has 0 unspecified atom stereocenters. The Balaban J connectivity index is 1.55. The number of hydrogen-bond donors (Lipinski definition) is 0. The molecule has 0 bridgehead atoms. The second kappa shape index (κ2) is 8.75. The summed E-state index contributed by atoms with van der Waals surface area (Å²) in [6.45, 7) is 1.73. The van der Waals surface area contributed by atoms with Gasteiger partial charge in [-0.2, -0.15) is 0 Å². The van der Waals surface area contributed by atoms with Gasteiger partial charge in [-0.1, -0.05) is 24.3 Å². The van der Waals surface area contributed by atoms with Crippen LogP contribution in [0.15, 0.2) is 54.6 Å². The van der Waals surface area contributed by atoms with Crippen molar-refractivity contribution in [2.75, 3.05) is 7.05 Å². The SMILES string of the molecule is C[C@@H](OC(=O)/C=C/c1nc2ccccc2s1)C(=O)N(C)Cc1cccc(F)c1. The molecule has 0 aliphatic heterocycles. The number of carbonyl (C=O) groups is 2. The predicted octanol–water partition coefficient (Wildman–Crippen LogP) is 4.04. The number of benzene rings is 2. The van der Waals surface area contributed by atoms with Crippen LogP contribution in [0.3, 0.4) is 0 Å². The van der Waals surface area contributed by atoms with E-state index < -0.39 is 12.1 Å². The van der Waals surface area contributed by atoms with Crippen LogP contribution in [0.2, 0.25) is 0 Å².